The molecule has 12 heteroatoms. The van der Waals surface area contributed by atoms with Crippen LogP contribution in [0.4, 0.5) is 5.69 Å². The Morgan fingerprint density at radius 1 is 1.10 bits per heavy atom. The van der Waals surface area contributed by atoms with E-state index < -0.39 is 20.0 Å². The number of nitrogens with two attached hydrogens (primary N) is 1. The van der Waals surface area contributed by atoms with Gasteiger partial charge in [0.2, 0.25) is 10.0 Å². The van der Waals surface area contributed by atoms with Gasteiger partial charge in [0.15, 0.2) is 0 Å². The largest absolute Gasteiger partial charge is 0.284 e. The lowest BCUT2D eigenvalue weighted by atomic mass is 10.3. The second-order valence-corrected chi connectivity index (χ2v) is 7.90. The fraction of sp³-hybridized carbons (Fsp3) is 0. The number of hydrogen-bond donors (Lipinski definition) is 3. The lowest BCUT2D eigenvalue weighted by Crippen LogP contribution is -2.15. The third kappa shape index (κ3) is 3.47. The van der Waals surface area contributed by atoms with Crippen LogP contribution in [-0.4, -0.2) is 27.0 Å². The molecule has 0 spiro atoms. The first kappa shape index (κ1) is 16.0. The van der Waals surface area contributed by atoms with Crippen molar-refractivity contribution in [3.05, 3.63) is 34.6 Å². The van der Waals surface area contributed by atoms with Crippen LogP contribution in [0.25, 0.3) is 0 Å². The van der Waals surface area contributed by atoms with Crippen LogP contribution in [-0.2, 0) is 20.0 Å². The Labute approximate surface area is 130 Å². The molecule has 114 valence electrons. The Kier molecular flexibility index (Phi) is 4.17. The molecule has 0 radical (unpaired) electrons. The van der Waals surface area contributed by atoms with Crippen LogP contribution in [0.3, 0.4) is 0 Å². The van der Waals surface area contributed by atoms with E-state index in [1.54, 1.807) is 0 Å². The fourth-order valence-electron chi connectivity index (χ4n) is 1.39. The van der Waals surface area contributed by atoms with Crippen LogP contribution < -0.4 is 9.86 Å². The number of halogens is 2. The van der Waals surface area contributed by atoms with Crippen molar-refractivity contribution < 1.29 is 16.8 Å². The zero-order valence-corrected chi connectivity index (χ0v) is 13.2. The first-order chi connectivity index (χ1) is 9.61. The summed E-state index contributed by atoms with van der Waals surface area (Å²) in [5, 5.41) is 10.4. The molecule has 1 aromatic carbocycles. The van der Waals surface area contributed by atoms with E-state index in [0.29, 0.717) is 0 Å². The number of hydrogen-bond acceptors (Lipinski definition) is 5. The molecule has 0 saturated carbocycles. The molecule has 0 fully saturated rings. The Hall–Kier alpha value is -1.33. The van der Waals surface area contributed by atoms with Gasteiger partial charge in [0.05, 0.1) is 26.8 Å². The summed E-state index contributed by atoms with van der Waals surface area (Å²) in [5.74, 6) is 0. The first-order valence-electron chi connectivity index (χ1n) is 5.15. The molecule has 0 bridgehead atoms. The maximum Gasteiger partial charge on any atom is 0.265 e. The summed E-state index contributed by atoms with van der Waals surface area (Å²) in [5.41, 5.74) is -0.160. The summed E-state index contributed by atoms with van der Waals surface area (Å²) in [6.07, 6.45) is 2.24. The van der Waals surface area contributed by atoms with Crippen molar-refractivity contribution in [2.75, 3.05) is 4.72 Å². The maximum absolute atomic E-state index is 12.0. The number of nitrogens with one attached hydrogen (secondary N) is 2. The van der Waals surface area contributed by atoms with Gasteiger partial charge in [-0.05, 0) is 12.1 Å². The molecule has 0 aliphatic carbocycles. The van der Waals surface area contributed by atoms with Crippen LogP contribution in [0, 0.1) is 0 Å². The Bertz CT molecular complexity index is 855. The van der Waals surface area contributed by atoms with Gasteiger partial charge in [-0.15, -0.1) is 0 Å². The van der Waals surface area contributed by atoms with E-state index in [9.17, 15) is 16.8 Å². The molecule has 0 aliphatic rings. The maximum atomic E-state index is 12.0. The minimum atomic E-state index is -4.01. The van der Waals surface area contributed by atoms with Crippen LogP contribution in [0.15, 0.2) is 34.3 Å². The highest BCUT2D eigenvalue weighted by Crippen LogP contribution is 2.34. The highest BCUT2D eigenvalue weighted by atomic mass is 35.5. The third-order valence-electron chi connectivity index (χ3n) is 2.36. The molecule has 4 N–H and O–H groups in total. The number of aromatic nitrogens is 2. The Morgan fingerprint density at radius 3 is 2.10 bits per heavy atom. The smallest absolute Gasteiger partial charge is 0.265 e. The summed E-state index contributed by atoms with van der Waals surface area (Å²) < 4.78 is 48.6. The Balaban J connectivity index is 2.48. The lowest BCUT2D eigenvalue weighted by molar-refractivity contribution is 0.597. The second kappa shape index (κ2) is 5.46. The molecule has 2 aromatic rings. The number of nitrogens with zero attached hydrogens (tertiary/aromatic N) is 1. The summed E-state index contributed by atoms with van der Waals surface area (Å²) in [6.45, 7) is 0. The monoisotopic (exact) mass is 370 g/mol. The van der Waals surface area contributed by atoms with Crippen LogP contribution >= 0.6 is 23.2 Å². The van der Waals surface area contributed by atoms with E-state index in [0.717, 1.165) is 24.5 Å². The van der Waals surface area contributed by atoms with E-state index in [1.165, 1.54) is 0 Å². The van der Waals surface area contributed by atoms with Gasteiger partial charge >= 0.3 is 0 Å². The van der Waals surface area contributed by atoms with Crippen molar-refractivity contribution in [2.24, 2.45) is 5.14 Å². The van der Waals surface area contributed by atoms with Crippen molar-refractivity contribution in [3.8, 4) is 0 Å². The van der Waals surface area contributed by atoms with Gasteiger partial charge in [-0.1, -0.05) is 23.2 Å². The molecule has 0 aliphatic heterocycles. The standard InChI is InChI=1S/C9H8Cl2N4O4S2/c10-7-1-5(20(12,16)17)2-8(11)9(7)15-21(18,19)6-3-13-14-4-6/h1-4,15H,(H,13,14)(H2,12,16,17). The van der Waals surface area contributed by atoms with E-state index in [-0.39, 0.29) is 25.5 Å². The number of sulfonamides is 2. The van der Waals surface area contributed by atoms with E-state index >= 15 is 0 Å². The average Bonchev–Trinajstić information content (AvgIpc) is 2.86. The fourth-order valence-corrected chi connectivity index (χ4v) is 3.78. The second-order valence-electron chi connectivity index (χ2n) is 3.85. The molecule has 2 rings (SSSR count). The molecular weight excluding hydrogens is 363 g/mol. The number of H-pyrrole nitrogens is 1. The molecule has 21 heavy (non-hydrogen) atoms. The summed E-state index contributed by atoms with van der Waals surface area (Å²) >= 11 is 11.7. The van der Waals surface area contributed by atoms with Crippen LogP contribution in [0.1, 0.15) is 0 Å². The molecule has 8 nitrogen and oxygen atoms in total. The SMILES string of the molecule is NS(=O)(=O)c1cc(Cl)c(NS(=O)(=O)c2cn[nH]c2)c(Cl)c1. The molecule has 0 atom stereocenters. The van der Waals surface area contributed by atoms with Crippen molar-refractivity contribution in [2.45, 2.75) is 9.79 Å². The van der Waals surface area contributed by atoms with Gasteiger partial charge in [-0.2, -0.15) is 5.10 Å². The summed E-state index contributed by atoms with van der Waals surface area (Å²) in [4.78, 5) is -0.464. The quantitative estimate of drug-likeness (QED) is 0.741. The molecule has 1 aromatic heterocycles. The van der Waals surface area contributed by atoms with E-state index in [4.69, 9.17) is 28.3 Å². The normalized spacial score (nSPS) is 12.3. The van der Waals surface area contributed by atoms with Crippen LogP contribution in [0.2, 0.25) is 10.0 Å². The third-order valence-corrected chi connectivity index (χ3v) is 5.17. The molecular formula is C9H8Cl2N4O4S2. The van der Waals surface area contributed by atoms with Crippen molar-refractivity contribution in [1.82, 2.24) is 10.2 Å². The molecule has 1 heterocycles. The van der Waals surface area contributed by atoms with Crippen molar-refractivity contribution in [1.29, 1.82) is 0 Å². The highest BCUT2D eigenvalue weighted by molar-refractivity contribution is 7.92. The zero-order valence-electron chi connectivity index (χ0n) is 10.0. The van der Waals surface area contributed by atoms with Gasteiger partial charge in [-0.3, -0.25) is 9.82 Å². The summed E-state index contributed by atoms with van der Waals surface area (Å²) in [7, 11) is -7.97. The van der Waals surface area contributed by atoms with E-state index in [2.05, 4.69) is 14.9 Å². The number of benzene rings is 1. The van der Waals surface area contributed by atoms with Gasteiger partial charge < -0.3 is 0 Å². The lowest BCUT2D eigenvalue weighted by Gasteiger charge is -2.11. The number of anilines is 1. The van der Waals surface area contributed by atoms with Gasteiger partial charge in [0.1, 0.15) is 4.90 Å². The van der Waals surface area contributed by atoms with Crippen molar-refractivity contribution in [3.63, 3.8) is 0 Å². The first-order valence-corrected chi connectivity index (χ1v) is 8.93. The topological polar surface area (TPSA) is 135 Å². The highest BCUT2D eigenvalue weighted by Gasteiger charge is 2.21. The van der Waals surface area contributed by atoms with Gasteiger partial charge in [-0.25, -0.2) is 22.0 Å². The molecule has 0 unspecified atom stereocenters. The van der Waals surface area contributed by atoms with Crippen molar-refractivity contribution >= 4 is 48.9 Å². The summed E-state index contributed by atoms with van der Waals surface area (Å²) in [6, 6.07) is 1.99. The zero-order chi connectivity index (χ0) is 15.8. The predicted octanol–water partition coefficient (Wildman–Crippen LogP) is 1.16. The molecule has 0 amide bonds. The average molecular weight is 371 g/mol. The number of primary sulfonamides is 1. The minimum Gasteiger partial charge on any atom is -0.284 e. The van der Waals surface area contributed by atoms with Gasteiger partial charge in [0.25, 0.3) is 10.0 Å². The number of rotatable bonds is 4. The van der Waals surface area contributed by atoms with Gasteiger partial charge in [0, 0.05) is 6.20 Å². The number of aromatic amines is 1. The molecule has 0 saturated heterocycles. The Morgan fingerprint density at radius 2 is 1.67 bits per heavy atom. The minimum absolute atomic E-state index is 0.134. The predicted molar refractivity (Wildman–Crippen MR) is 77.2 cm³/mol. The van der Waals surface area contributed by atoms with Crippen LogP contribution in [0.5, 0.6) is 0 Å². The van der Waals surface area contributed by atoms with E-state index in [1.807, 2.05) is 0 Å².